The van der Waals surface area contributed by atoms with E-state index < -0.39 is 21.8 Å². The van der Waals surface area contributed by atoms with Gasteiger partial charge in [-0.25, -0.2) is 8.42 Å². The van der Waals surface area contributed by atoms with Gasteiger partial charge in [0.05, 0.1) is 10.5 Å². The highest BCUT2D eigenvalue weighted by Gasteiger charge is 2.33. The molecule has 1 amide bonds. The zero-order chi connectivity index (χ0) is 18.0. The lowest BCUT2D eigenvalue weighted by molar-refractivity contribution is -0.137. The minimum atomic E-state index is -4.52. The van der Waals surface area contributed by atoms with E-state index in [1.807, 2.05) is 0 Å². The average Bonchev–Trinajstić information content (AvgIpc) is 2.54. The second-order valence-electron chi connectivity index (χ2n) is 5.35. The van der Waals surface area contributed by atoms with Crippen LogP contribution in [0.4, 0.5) is 13.2 Å². The normalized spacial score (nSPS) is 17.1. The first-order valence-corrected chi connectivity index (χ1v) is 8.75. The molecule has 1 aromatic carbocycles. The van der Waals surface area contributed by atoms with Gasteiger partial charge in [-0.05, 0) is 24.3 Å². The van der Waals surface area contributed by atoms with Crippen LogP contribution in [0, 0.1) is 0 Å². The van der Waals surface area contributed by atoms with Crippen molar-refractivity contribution in [1.29, 1.82) is 0 Å². The Balaban J connectivity index is 2.08. The standard InChI is InChI=1S/C14H18F3N3O3S/c15-14(16,17)11-1-3-12(4-2-11)24(22,23)20-9-7-19(8-10-20)13(21)5-6-18/h1-4H,5-10,18H2. The number of rotatable bonds is 4. The van der Waals surface area contributed by atoms with Gasteiger partial charge in [-0.1, -0.05) is 0 Å². The predicted molar refractivity (Wildman–Crippen MR) is 80.5 cm³/mol. The molecule has 24 heavy (non-hydrogen) atoms. The number of benzene rings is 1. The summed E-state index contributed by atoms with van der Waals surface area (Å²) in [5.41, 5.74) is 4.41. The largest absolute Gasteiger partial charge is 0.416 e. The van der Waals surface area contributed by atoms with Crippen LogP contribution < -0.4 is 5.73 Å². The summed E-state index contributed by atoms with van der Waals surface area (Å²) >= 11 is 0. The Morgan fingerprint density at radius 2 is 1.62 bits per heavy atom. The summed E-state index contributed by atoms with van der Waals surface area (Å²) in [4.78, 5) is 13.1. The highest BCUT2D eigenvalue weighted by atomic mass is 32.2. The second kappa shape index (κ2) is 7.08. The molecule has 0 unspecified atom stereocenters. The Labute approximate surface area is 138 Å². The number of halogens is 3. The second-order valence-corrected chi connectivity index (χ2v) is 7.28. The summed E-state index contributed by atoms with van der Waals surface area (Å²) in [5, 5.41) is 0. The molecule has 1 heterocycles. The molecule has 2 rings (SSSR count). The highest BCUT2D eigenvalue weighted by molar-refractivity contribution is 7.89. The molecule has 1 aliphatic rings. The number of piperazine rings is 1. The molecule has 1 fully saturated rings. The number of hydrogen-bond acceptors (Lipinski definition) is 4. The van der Waals surface area contributed by atoms with Crippen molar-refractivity contribution in [3.8, 4) is 0 Å². The van der Waals surface area contributed by atoms with Crippen molar-refractivity contribution in [3.63, 3.8) is 0 Å². The molecule has 0 saturated carbocycles. The van der Waals surface area contributed by atoms with E-state index >= 15 is 0 Å². The molecule has 0 bridgehead atoms. The van der Waals surface area contributed by atoms with E-state index in [4.69, 9.17) is 5.73 Å². The Kier molecular flexibility index (Phi) is 5.51. The monoisotopic (exact) mass is 365 g/mol. The lowest BCUT2D eigenvalue weighted by Crippen LogP contribution is -2.50. The predicted octanol–water partition coefficient (Wildman–Crippen LogP) is 0.887. The number of nitrogens with two attached hydrogens (primary N) is 1. The number of carbonyl (C=O) groups is 1. The maximum absolute atomic E-state index is 12.5. The van der Waals surface area contributed by atoms with Crippen LogP contribution in [0.3, 0.4) is 0 Å². The molecule has 1 aromatic rings. The van der Waals surface area contributed by atoms with E-state index in [9.17, 15) is 26.4 Å². The van der Waals surface area contributed by atoms with Crippen molar-refractivity contribution in [3.05, 3.63) is 29.8 Å². The Bertz CT molecular complexity index is 681. The van der Waals surface area contributed by atoms with E-state index in [0.717, 1.165) is 24.3 Å². The fraction of sp³-hybridized carbons (Fsp3) is 0.500. The molecule has 2 N–H and O–H groups in total. The van der Waals surface area contributed by atoms with Gasteiger partial charge in [0, 0.05) is 39.1 Å². The summed E-state index contributed by atoms with van der Waals surface area (Å²) in [6.07, 6.45) is -4.32. The third-order valence-corrected chi connectivity index (χ3v) is 5.68. The third-order valence-electron chi connectivity index (χ3n) is 3.77. The zero-order valence-corrected chi connectivity index (χ0v) is 13.6. The van der Waals surface area contributed by atoms with Gasteiger partial charge in [0.1, 0.15) is 0 Å². The van der Waals surface area contributed by atoms with Gasteiger partial charge < -0.3 is 10.6 Å². The van der Waals surface area contributed by atoms with Crippen LogP contribution in [0.1, 0.15) is 12.0 Å². The Morgan fingerprint density at radius 1 is 1.08 bits per heavy atom. The number of amides is 1. The van der Waals surface area contributed by atoms with Crippen molar-refractivity contribution in [2.75, 3.05) is 32.7 Å². The summed E-state index contributed by atoms with van der Waals surface area (Å²) in [6, 6.07) is 3.38. The molecule has 10 heteroatoms. The lowest BCUT2D eigenvalue weighted by atomic mass is 10.2. The molecule has 0 spiro atoms. The first-order valence-electron chi connectivity index (χ1n) is 7.31. The molecular weight excluding hydrogens is 347 g/mol. The van der Waals surface area contributed by atoms with Crippen LogP contribution in [0.2, 0.25) is 0 Å². The summed E-state index contributed by atoms with van der Waals surface area (Å²) in [6.45, 7) is 0.889. The quantitative estimate of drug-likeness (QED) is 0.859. The fourth-order valence-corrected chi connectivity index (χ4v) is 3.85. The van der Waals surface area contributed by atoms with Gasteiger partial charge in [-0.2, -0.15) is 17.5 Å². The molecule has 134 valence electrons. The molecule has 0 radical (unpaired) electrons. The van der Waals surface area contributed by atoms with Crippen molar-refractivity contribution in [1.82, 2.24) is 9.21 Å². The van der Waals surface area contributed by atoms with Crippen LogP contribution in [0.25, 0.3) is 0 Å². The first-order chi connectivity index (χ1) is 11.2. The number of carbonyl (C=O) groups excluding carboxylic acids is 1. The molecular formula is C14H18F3N3O3S. The third kappa shape index (κ3) is 4.05. The van der Waals surface area contributed by atoms with Crippen LogP contribution in [-0.4, -0.2) is 56.3 Å². The van der Waals surface area contributed by atoms with Gasteiger partial charge >= 0.3 is 6.18 Å². The number of nitrogens with zero attached hydrogens (tertiary/aromatic N) is 2. The van der Waals surface area contributed by atoms with E-state index in [0.29, 0.717) is 0 Å². The summed E-state index contributed by atoms with van der Waals surface area (Å²) < 4.78 is 63.8. The fourth-order valence-electron chi connectivity index (χ4n) is 2.42. The number of hydrogen-bond donors (Lipinski definition) is 1. The van der Waals surface area contributed by atoms with E-state index in [1.165, 1.54) is 9.21 Å². The van der Waals surface area contributed by atoms with E-state index in [2.05, 4.69) is 0 Å². The molecule has 6 nitrogen and oxygen atoms in total. The van der Waals surface area contributed by atoms with Crippen molar-refractivity contribution >= 4 is 15.9 Å². The van der Waals surface area contributed by atoms with E-state index in [1.54, 1.807) is 0 Å². The number of sulfonamides is 1. The highest BCUT2D eigenvalue weighted by Crippen LogP contribution is 2.30. The first kappa shape index (κ1) is 18.7. The minimum absolute atomic E-state index is 0.0969. The average molecular weight is 365 g/mol. The van der Waals surface area contributed by atoms with Gasteiger partial charge in [-0.15, -0.1) is 0 Å². The van der Waals surface area contributed by atoms with Gasteiger partial charge in [-0.3, -0.25) is 4.79 Å². The topological polar surface area (TPSA) is 83.7 Å². The Morgan fingerprint density at radius 3 is 2.08 bits per heavy atom. The summed E-state index contributed by atoms with van der Waals surface area (Å²) in [7, 11) is -3.88. The van der Waals surface area contributed by atoms with Crippen molar-refractivity contribution in [2.24, 2.45) is 5.73 Å². The Hall–Kier alpha value is -1.65. The minimum Gasteiger partial charge on any atom is -0.340 e. The van der Waals surface area contributed by atoms with Crippen molar-refractivity contribution in [2.45, 2.75) is 17.5 Å². The molecule has 0 atom stereocenters. The van der Waals surface area contributed by atoms with Gasteiger partial charge in [0.2, 0.25) is 15.9 Å². The zero-order valence-electron chi connectivity index (χ0n) is 12.8. The van der Waals surface area contributed by atoms with Crippen LogP contribution >= 0.6 is 0 Å². The van der Waals surface area contributed by atoms with E-state index in [-0.39, 0.29) is 49.9 Å². The van der Waals surface area contributed by atoms with Gasteiger partial charge in [0.25, 0.3) is 0 Å². The van der Waals surface area contributed by atoms with Crippen LogP contribution in [-0.2, 0) is 21.0 Å². The maximum Gasteiger partial charge on any atom is 0.416 e. The molecule has 1 aliphatic heterocycles. The summed E-state index contributed by atoms with van der Waals surface area (Å²) in [5.74, 6) is -0.135. The van der Waals surface area contributed by atoms with Crippen LogP contribution in [0.5, 0.6) is 0 Å². The van der Waals surface area contributed by atoms with Crippen LogP contribution in [0.15, 0.2) is 29.2 Å². The maximum atomic E-state index is 12.5. The number of alkyl halides is 3. The molecule has 0 aromatic heterocycles. The molecule has 0 aliphatic carbocycles. The molecule has 1 saturated heterocycles. The van der Waals surface area contributed by atoms with Crippen molar-refractivity contribution < 1.29 is 26.4 Å². The lowest BCUT2D eigenvalue weighted by Gasteiger charge is -2.34. The SMILES string of the molecule is NCCC(=O)N1CCN(S(=O)(=O)c2ccc(C(F)(F)F)cc2)CC1. The smallest absolute Gasteiger partial charge is 0.340 e. The van der Waals surface area contributed by atoms with Gasteiger partial charge in [0.15, 0.2) is 0 Å².